The van der Waals surface area contributed by atoms with E-state index in [1.165, 1.54) is 0 Å². The van der Waals surface area contributed by atoms with Crippen molar-refractivity contribution in [3.8, 4) is 5.75 Å². The van der Waals surface area contributed by atoms with Crippen molar-refractivity contribution >= 4 is 6.03 Å². The van der Waals surface area contributed by atoms with Crippen LogP contribution in [0.1, 0.15) is 25.3 Å². The Hall–Kier alpha value is -1.71. The van der Waals surface area contributed by atoms with Gasteiger partial charge in [-0.25, -0.2) is 4.79 Å². The number of para-hydroxylation sites is 1. The molecule has 1 saturated carbocycles. The zero-order chi connectivity index (χ0) is 13.8. The summed E-state index contributed by atoms with van der Waals surface area (Å²) in [5, 5.41) is 3.00. The average Bonchev–Trinajstić information content (AvgIpc) is 3.22. The minimum absolute atomic E-state index is 0.0184. The molecule has 1 aliphatic rings. The number of rotatable bonds is 5. The second-order valence-corrected chi connectivity index (χ2v) is 5.20. The van der Waals surface area contributed by atoms with E-state index in [4.69, 9.17) is 4.74 Å². The number of hydrogen-bond donors (Lipinski definition) is 1. The minimum atomic E-state index is 0.0184. The summed E-state index contributed by atoms with van der Waals surface area (Å²) in [5.41, 5.74) is 1.13. The predicted octanol–water partition coefficient (Wildman–Crippen LogP) is 2.43. The molecular formula is C15H22N2O2. The number of methoxy groups -OCH3 is 1. The zero-order valence-corrected chi connectivity index (χ0v) is 11.8. The van der Waals surface area contributed by atoms with Gasteiger partial charge < -0.3 is 15.0 Å². The molecule has 1 aliphatic carbocycles. The highest BCUT2D eigenvalue weighted by atomic mass is 16.5. The maximum absolute atomic E-state index is 12.0. The van der Waals surface area contributed by atoms with Crippen LogP contribution in [0.4, 0.5) is 4.79 Å². The van der Waals surface area contributed by atoms with Crippen LogP contribution < -0.4 is 10.1 Å². The molecule has 1 N–H and O–H groups in total. The number of carbonyl (C=O) groups is 1. The predicted molar refractivity (Wildman–Crippen MR) is 75.5 cm³/mol. The van der Waals surface area contributed by atoms with E-state index in [0.717, 1.165) is 30.6 Å². The molecule has 0 bridgehead atoms. The quantitative estimate of drug-likeness (QED) is 0.885. The van der Waals surface area contributed by atoms with Crippen molar-refractivity contribution in [1.29, 1.82) is 0 Å². The summed E-state index contributed by atoms with van der Waals surface area (Å²) in [6.45, 7) is 2.05. The van der Waals surface area contributed by atoms with Gasteiger partial charge in [0.05, 0.1) is 7.11 Å². The van der Waals surface area contributed by atoms with Crippen LogP contribution >= 0.6 is 0 Å². The third-order valence-corrected chi connectivity index (χ3v) is 3.59. The van der Waals surface area contributed by atoms with Crippen molar-refractivity contribution < 1.29 is 9.53 Å². The Balaban J connectivity index is 1.95. The van der Waals surface area contributed by atoms with Gasteiger partial charge in [-0.3, -0.25) is 0 Å². The number of amides is 2. The molecule has 1 aromatic carbocycles. The molecule has 1 aromatic rings. The molecule has 4 heteroatoms. The molecular weight excluding hydrogens is 240 g/mol. The number of likely N-dealkylation sites (N-methyl/N-ethyl adjacent to an activating group) is 1. The Morgan fingerprint density at radius 3 is 2.79 bits per heavy atom. The van der Waals surface area contributed by atoms with Gasteiger partial charge in [-0.15, -0.1) is 0 Å². The van der Waals surface area contributed by atoms with Gasteiger partial charge >= 0.3 is 6.03 Å². The monoisotopic (exact) mass is 262 g/mol. The smallest absolute Gasteiger partial charge is 0.317 e. The molecule has 0 heterocycles. The van der Waals surface area contributed by atoms with Crippen molar-refractivity contribution in [2.75, 3.05) is 14.2 Å². The van der Waals surface area contributed by atoms with Crippen LogP contribution in [0, 0.1) is 0 Å². The summed E-state index contributed by atoms with van der Waals surface area (Å²) in [6.07, 6.45) is 3.01. The topological polar surface area (TPSA) is 41.6 Å². The molecule has 104 valence electrons. The number of nitrogens with zero attached hydrogens (tertiary/aromatic N) is 1. The maximum atomic E-state index is 12.0. The van der Waals surface area contributed by atoms with Crippen LogP contribution in [0.25, 0.3) is 0 Å². The van der Waals surface area contributed by atoms with E-state index in [-0.39, 0.29) is 12.1 Å². The van der Waals surface area contributed by atoms with Crippen molar-refractivity contribution in [2.24, 2.45) is 0 Å². The van der Waals surface area contributed by atoms with Gasteiger partial charge in [-0.2, -0.15) is 0 Å². The molecule has 1 fully saturated rings. The normalized spacial score (nSPS) is 15.7. The molecule has 1 unspecified atom stereocenters. The SMILES string of the molecule is COc1ccccc1CC(C)N(C)C(=O)NC1CC1. The van der Waals surface area contributed by atoms with Gasteiger partial charge in [0.1, 0.15) is 5.75 Å². The molecule has 2 amide bonds. The fourth-order valence-corrected chi connectivity index (χ4v) is 2.03. The van der Waals surface area contributed by atoms with Crippen LogP contribution in [0.3, 0.4) is 0 Å². The van der Waals surface area contributed by atoms with Crippen LogP contribution in [-0.4, -0.2) is 37.2 Å². The summed E-state index contributed by atoms with van der Waals surface area (Å²) in [6, 6.07) is 8.49. The van der Waals surface area contributed by atoms with E-state index in [1.54, 1.807) is 12.0 Å². The number of urea groups is 1. The summed E-state index contributed by atoms with van der Waals surface area (Å²) < 4.78 is 5.34. The molecule has 0 aromatic heterocycles. The average molecular weight is 262 g/mol. The van der Waals surface area contributed by atoms with Gasteiger partial charge in [-0.1, -0.05) is 18.2 Å². The minimum Gasteiger partial charge on any atom is -0.496 e. The molecule has 0 aliphatic heterocycles. The Bertz CT molecular complexity index is 444. The van der Waals surface area contributed by atoms with Gasteiger partial charge in [0.2, 0.25) is 0 Å². The third kappa shape index (κ3) is 3.63. The molecule has 0 spiro atoms. The van der Waals surface area contributed by atoms with E-state index in [1.807, 2.05) is 31.3 Å². The third-order valence-electron chi connectivity index (χ3n) is 3.59. The van der Waals surface area contributed by atoms with Crippen molar-refractivity contribution in [3.63, 3.8) is 0 Å². The summed E-state index contributed by atoms with van der Waals surface area (Å²) in [5.74, 6) is 0.880. The molecule has 0 saturated heterocycles. The van der Waals surface area contributed by atoms with Crippen LogP contribution in [-0.2, 0) is 6.42 Å². The van der Waals surface area contributed by atoms with Gasteiger partial charge in [0.15, 0.2) is 0 Å². The van der Waals surface area contributed by atoms with Crippen LogP contribution in [0.5, 0.6) is 5.75 Å². The summed E-state index contributed by atoms with van der Waals surface area (Å²) in [4.78, 5) is 13.7. The lowest BCUT2D eigenvalue weighted by Gasteiger charge is -2.26. The first kappa shape index (κ1) is 13.7. The largest absolute Gasteiger partial charge is 0.496 e. The van der Waals surface area contributed by atoms with Crippen molar-refractivity contribution in [3.05, 3.63) is 29.8 Å². The van der Waals surface area contributed by atoms with Gasteiger partial charge in [0.25, 0.3) is 0 Å². The highest BCUT2D eigenvalue weighted by molar-refractivity contribution is 5.74. The number of ether oxygens (including phenoxy) is 1. The van der Waals surface area contributed by atoms with E-state index >= 15 is 0 Å². The lowest BCUT2D eigenvalue weighted by Crippen LogP contribution is -2.44. The first-order valence-corrected chi connectivity index (χ1v) is 6.77. The summed E-state index contributed by atoms with van der Waals surface area (Å²) >= 11 is 0. The highest BCUT2D eigenvalue weighted by Gasteiger charge is 2.26. The zero-order valence-electron chi connectivity index (χ0n) is 11.8. The molecule has 0 radical (unpaired) electrons. The Morgan fingerprint density at radius 1 is 1.47 bits per heavy atom. The Kier molecular flexibility index (Phi) is 4.30. The van der Waals surface area contributed by atoms with Gasteiger partial charge in [0, 0.05) is 19.1 Å². The van der Waals surface area contributed by atoms with E-state index in [0.29, 0.717) is 6.04 Å². The fraction of sp³-hybridized carbons (Fsp3) is 0.533. The molecule has 4 nitrogen and oxygen atoms in total. The number of benzene rings is 1. The number of hydrogen-bond acceptors (Lipinski definition) is 2. The lowest BCUT2D eigenvalue weighted by atomic mass is 10.1. The fourth-order valence-electron chi connectivity index (χ4n) is 2.03. The lowest BCUT2D eigenvalue weighted by molar-refractivity contribution is 0.193. The first-order chi connectivity index (χ1) is 9.11. The van der Waals surface area contributed by atoms with Crippen molar-refractivity contribution in [1.82, 2.24) is 10.2 Å². The molecule has 2 rings (SSSR count). The molecule has 19 heavy (non-hydrogen) atoms. The maximum Gasteiger partial charge on any atom is 0.317 e. The van der Waals surface area contributed by atoms with E-state index in [9.17, 15) is 4.79 Å². The van der Waals surface area contributed by atoms with E-state index < -0.39 is 0 Å². The first-order valence-electron chi connectivity index (χ1n) is 6.77. The Labute approximate surface area is 114 Å². The van der Waals surface area contributed by atoms with Crippen LogP contribution in [0.2, 0.25) is 0 Å². The van der Waals surface area contributed by atoms with Crippen LogP contribution in [0.15, 0.2) is 24.3 Å². The van der Waals surface area contributed by atoms with E-state index in [2.05, 4.69) is 12.2 Å². The molecule has 1 atom stereocenters. The Morgan fingerprint density at radius 2 is 2.16 bits per heavy atom. The highest BCUT2D eigenvalue weighted by Crippen LogP contribution is 2.21. The summed E-state index contributed by atoms with van der Waals surface area (Å²) in [7, 11) is 3.52. The second kappa shape index (κ2) is 5.95. The standard InChI is InChI=1S/C15H22N2O2/c1-11(17(2)15(18)16-13-8-9-13)10-12-6-4-5-7-14(12)19-3/h4-7,11,13H,8-10H2,1-3H3,(H,16,18). The van der Waals surface area contributed by atoms with Gasteiger partial charge in [-0.05, 0) is 37.8 Å². The van der Waals surface area contributed by atoms with Crippen molar-refractivity contribution in [2.45, 2.75) is 38.3 Å². The number of carbonyl (C=O) groups excluding carboxylic acids is 1. The second-order valence-electron chi connectivity index (χ2n) is 5.20. The number of nitrogens with one attached hydrogen (secondary N) is 1.